The quantitative estimate of drug-likeness (QED) is 0.381. The summed E-state index contributed by atoms with van der Waals surface area (Å²) in [6.07, 6.45) is 0. The number of thioether (sulfide) groups is 1. The fourth-order valence-electron chi connectivity index (χ4n) is 0.300. The first-order valence-electron chi connectivity index (χ1n) is 2.55. The smallest absolute Gasteiger partial charge is 0.265 e. The Morgan fingerprint density at radius 3 is 2.50 bits per heavy atom. The lowest BCUT2D eigenvalue weighted by molar-refractivity contribution is 0.485. The predicted molar refractivity (Wildman–Crippen MR) is 42.3 cm³/mol. The Kier molecular flexibility index (Phi) is 3.92. The third-order valence-corrected chi connectivity index (χ3v) is 2.48. The Hall–Kier alpha value is -0.0700. The van der Waals surface area contributed by atoms with Crippen molar-refractivity contribution in [2.24, 2.45) is 0 Å². The van der Waals surface area contributed by atoms with E-state index in [0.29, 0.717) is 5.04 Å². The van der Waals surface area contributed by atoms with Gasteiger partial charge in [0, 0.05) is 5.75 Å². The minimum Gasteiger partial charge on any atom is -0.299 e. The van der Waals surface area contributed by atoms with Crippen molar-refractivity contribution >= 4 is 26.9 Å². The van der Waals surface area contributed by atoms with Crippen LogP contribution in [0, 0.1) is 5.41 Å². The van der Waals surface area contributed by atoms with Crippen LogP contribution in [0.2, 0.25) is 0 Å². The maximum atomic E-state index is 10.1. The van der Waals surface area contributed by atoms with E-state index in [1.807, 2.05) is 0 Å². The Morgan fingerprint density at radius 1 is 1.70 bits per heavy atom. The van der Waals surface area contributed by atoms with Crippen LogP contribution in [0.5, 0.6) is 0 Å². The minimum atomic E-state index is -3.84. The molecule has 0 aromatic carbocycles. The Morgan fingerprint density at radius 2 is 2.20 bits per heavy atom. The summed E-state index contributed by atoms with van der Waals surface area (Å²) in [4.78, 5) is 0. The molecule has 0 radical (unpaired) electrons. The molecule has 60 valence electrons. The average Bonchev–Trinajstić information content (AvgIpc) is 1.59. The number of hydrogen-bond donors (Lipinski definition) is 2. The molecule has 0 spiro atoms. The fourth-order valence-corrected chi connectivity index (χ4v) is 1.78. The zero-order valence-electron chi connectivity index (χ0n) is 5.49. The van der Waals surface area contributed by atoms with Gasteiger partial charge in [0.1, 0.15) is 0 Å². The van der Waals surface area contributed by atoms with Crippen molar-refractivity contribution in [1.82, 2.24) is 0 Å². The molecule has 0 aliphatic carbocycles. The molecule has 0 bridgehead atoms. The largest absolute Gasteiger partial charge is 0.299 e. The van der Waals surface area contributed by atoms with E-state index < -0.39 is 10.1 Å². The summed E-state index contributed by atoms with van der Waals surface area (Å²) in [5, 5.41) is 7.24. The number of rotatable bonds is 3. The van der Waals surface area contributed by atoms with Gasteiger partial charge in [-0.05, 0) is 6.92 Å². The second kappa shape index (κ2) is 3.95. The average molecular weight is 183 g/mol. The van der Waals surface area contributed by atoms with Gasteiger partial charge in [-0.2, -0.15) is 8.42 Å². The number of hydrogen-bond acceptors (Lipinski definition) is 4. The maximum Gasteiger partial charge on any atom is 0.265 e. The van der Waals surface area contributed by atoms with Crippen LogP contribution in [-0.2, 0) is 10.1 Å². The maximum absolute atomic E-state index is 10.1. The molecule has 0 aliphatic heterocycles. The van der Waals surface area contributed by atoms with Gasteiger partial charge in [0.25, 0.3) is 10.1 Å². The topological polar surface area (TPSA) is 78.2 Å². The minimum absolute atomic E-state index is 0.244. The van der Waals surface area contributed by atoms with Gasteiger partial charge in [0.05, 0.1) is 10.8 Å². The molecule has 0 aromatic heterocycles. The van der Waals surface area contributed by atoms with Crippen LogP contribution in [-0.4, -0.2) is 29.5 Å². The zero-order chi connectivity index (χ0) is 8.20. The molecule has 0 aromatic rings. The monoisotopic (exact) mass is 183 g/mol. The van der Waals surface area contributed by atoms with E-state index in [1.165, 1.54) is 0 Å². The molecule has 0 fully saturated rings. The van der Waals surface area contributed by atoms with E-state index in [0.717, 1.165) is 11.8 Å². The Balaban J connectivity index is 3.49. The van der Waals surface area contributed by atoms with Gasteiger partial charge in [-0.25, -0.2) is 0 Å². The highest BCUT2D eigenvalue weighted by molar-refractivity contribution is 8.14. The summed E-state index contributed by atoms with van der Waals surface area (Å²) in [5.74, 6) is -0.0396. The van der Waals surface area contributed by atoms with Crippen molar-refractivity contribution in [2.45, 2.75) is 6.92 Å². The van der Waals surface area contributed by atoms with Gasteiger partial charge in [-0.1, -0.05) is 0 Å². The van der Waals surface area contributed by atoms with Crippen LogP contribution in [0.15, 0.2) is 0 Å². The Labute approximate surface area is 64.3 Å². The first-order valence-corrected chi connectivity index (χ1v) is 5.14. The predicted octanol–water partition coefficient (Wildman–Crippen LogP) is 0.605. The van der Waals surface area contributed by atoms with Crippen molar-refractivity contribution in [3.05, 3.63) is 0 Å². The van der Waals surface area contributed by atoms with E-state index >= 15 is 0 Å². The molecule has 2 N–H and O–H groups in total. The van der Waals surface area contributed by atoms with Gasteiger partial charge >= 0.3 is 0 Å². The van der Waals surface area contributed by atoms with Gasteiger partial charge in [0.2, 0.25) is 0 Å². The standard InChI is InChI=1S/C4H9NO3S2/c1-4(5)9-2-3-10(6,7)8/h5H,2-3H2,1H3,(H,6,7,8). The molecule has 0 aliphatic rings. The molecule has 6 heteroatoms. The van der Waals surface area contributed by atoms with Gasteiger partial charge < -0.3 is 0 Å². The SMILES string of the molecule is CC(=N)SCCS(=O)(=O)O. The zero-order valence-corrected chi connectivity index (χ0v) is 7.13. The third-order valence-electron chi connectivity index (χ3n) is 0.660. The summed E-state index contributed by atoms with van der Waals surface area (Å²) in [6.45, 7) is 1.56. The highest BCUT2D eigenvalue weighted by atomic mass is 32.2. The van der Waals surface area contributed by atoms with E-state index in [9.17, 15) is 8.42 Å². The summed E-state index contributed by atoms with van der Waals surface area (Å²) >= 11 is 1.10. The third kappa shape index (κ3) is 7.93. The molecule has 0 saturated heterocycles. The van der Waals surface area contributed by atoms with E-state index in [2.05, 4.69) is 0 Å². The number of nitrogens with one attached hydrogen (secondary N) is 1. The van der Waals surface area contributed by atoms with Gasteiger partial charge in [0.15, 0.2) is 0 Å². The summed E-state index contributed by atoms with van der Waals surface area (Å²) < 4.78 is 28.4. The van der Waals surface area contributed by atoms with Gasteiger partial charge in [-0.15, -0.1) is 11.8 Å². The second-order valence-electron chi connectivity index (χ2n) is 1.69. The first kappa shape index (κ1) is 9.93. The molecule has 10 heavy (non-hydrogen) atoms. The molecule has 0 atom stereocenters. The molecule has 0 unspecified atom stereocenters. The van der Waals surface area contributed by atoms with E-state index in [-0.39, 0.29) is 11.5 Å². The molecule has 0 amide bonds. The van der Waals surface area contributed by atoms with Crippen molar-refractivity contribution in [3.8, 4) is 0 Å². The van der Waals surface area contributed by atoms with Crippen molar-refractivity contribution in [1.29, 1.82) is 5.41 Å². The van der Waals surface area contributed by atoms with Crippen LogP contribution in [0.3, 0.4) is 0 Å². The molecule has 0 saturated carbocycles. The summed E-state index contributed by atoms with van der Waals surface area (Å²) in [7, 11) is -3.84. The normalized spacial score (nSPS) is 11.4. The van der Waals surface area contributed by atoms with Crippen LogP contribution in [0.25, 0.3) is 0 Å². The van der Waals surface area contributed by atoms with E-state index in [4.69, 9.17) is 9.96 Å². The van der Waals surface area contributed by atoms with Crippen LogP contribution < -0.4 is 0 Å². The fraction of sp³-hybridized carbons (Fsp3) is 0.750. The Bertz CT molecular complexity index is 209. The summed E-state index contributed by atoms with van der Waals surface area (Å²) in [6, 6.07) is 0. The highest BCUT2D eigenvalue weighted by Crippen LogP contribution is 2.01. The molecule has 0 heterocycles. The summed E-state index contributed by atoms with van der Waals surface area (Å²) in [5.41, 5.74) is 0. The lowest BCUT2D eigenvalue weighted by Gasteiger charge is -1.94. The lowest BCUT2D eigenvalue weighted by Crippen LogP contribution is -2.06. The van der Waals surface area contributed by atoms with Crippen molar-refractivity contribution in [3.63, 3.8) is 0 Å². The van der Waals surface area contributed by atoms with Crippen LogP contribution >= 0.6 is 11.8 Å². The first-order chi connectivity index (χ1) is 4.42. The van der Waals surface area contributed by atoms with E-state index in [1.54, 1.807) is 6.92 Å². The van der Waals surface area contributed by atoms with Crippen molar-refractivity contribution < 1.29 is 13.0 Å². The van der Waals surface area contributed by atoms with Crippen molar-refractivity contribution in [2.75, 3.05) is 11.5 Å². The van der Waals surface area contributed by atoms with Crippen LogP contribution in [0.1, 0.15) is 6.92 Å². The molecular formula is C4H9NO3S2. The lowest BCUT2D eigenvalue weighted by atomic mass is 10.9. The molecule has 4 nitrogen and oxygen atoms in total. The second-order valence-corrected chi connectivity index (χ2v) is 4.57. The molecular weight excluding hydrogens is 174 g/mol. The van der Waals surface area contributed by atoms with Gasteiger partial charge in [-0.3, -0.25) is 9.96 Å². The highest BCUT2D eigenvalue weighted by Gasteiger charge is 2.03. The van der Waals surface area contributed by atoms with Crippen LogP contribution in [0.4, 0.5) is 0 Å². The molecule has 0 rings (SSSR count).